The molecule has 5 aromatic carbocycles. The fourth-order valence-electron chi connectivity index (χ4n) is 20.9. The zero-order valence-corrected chi connectivity index (χ0v) is 82.3. The molecule has 26 rings (SSSR count). The van der Waals surface area contributed by atoms with Crippen LogP contribution in [0.5, 0.6) is 0 Å². The summed E-state index contributed by atoms with van der Waals surface area (Å²) in [5.74, 6) is 3.44. The first-order valence-corrected chi connectivity index (χ1v) is 50.3. The lowest BCUT2D eigenvalue weighted by atomic mass is 9.89. The zero-order chi connectivity index (χ0) is 99.2. The van der Waals surface area contributed by atoms with Gasteiger partial charge in [0.25, 0.3) is 0 Å². The van der Waals surface area contributed by atoms with E-state index in [4.69, 9.17) is 27.2 Å². The number of hydrogen-bond acceptors (Lipinski definition) is 28. The van der Waals surface area contributed by atoms with Crippen molar-refractivity contribution < 1.29 is 27.2 Å². The summed E-state index contributed by atoms with van der Waals surface area (Å²) in [4.78, 5) is 121. The molecule has 738 valence electrons. The monoisotopic (exact) mass is 1940 g/mol. The van der Waals surface area contributed by atoms with Crippen molar-refractivity contribution in [2.45, 2.75) is 123 Å². The third-order valence-electron chi connectivity index (χ3n) is 29.4. The van der Waals surface area contributed by atoms with Gasteiger partial charge < -0.3 is 60.9 Å². The lowest BCUT2D eigenvalue weighted by Crippen LogP contribution is -2.52. The van der Waals surface area contributed by atoms with Crippen LogP contribution in [0.3, 0.4) is 0 Å². The molecule has 0 radical (unpaired) electrons. The molecule has 0 atom stereocenters. The Hall–Kier alpha value is -15.4. The van der Waals surface area contributed by atoms with E-state index in [2.05, 4.69) is 141 Å². The fourth-order valence-corrected chi connectivity index (χ4v) is 20.9. The number of fused-ring (bicyclic) bond motifs is 10. The van der Waals surface area contributed by atoms with Crippen LogP contribution < -0.4 is 43.2 Å². The molecule has 1 saturated carbocycles. The summed E-state index contributed by atoms with van der Waals surface area (Å²) >= 11 is 0. The van der Waals surface area contributed by atoms with Gasteiger partial charge in [0.05, 0.1) is 86.7 Å². The molecular formula is C112H114N22O11. The summed E-state index contributed by atoms with van der Waals surface area (Å²) in [6.45, 7) is 28.2. The first-order chi connectivity index (χ1) is 70.6. The van der Waals surface area contributed by atoms with Gasteiger partial charge in [-0.15, -0.1) is 0 Å². The smallest absolute Gasteiger partial charge is 0.345 e. The minimum absolute atomic E-state index is 0.186. The number of nitrogens with one attached hydrogen (secondary N) is 1. The van der Waals surface area contributed by atoms with Crippen molar-refractivity contribution in [1.82, 2.24) is 96.8 Å². The number of β-amino-alcohol motifs (C(OH)–C–C–N with tert-alkyl or cyclic N) is 1. The van der Waals surface area contributed by atoms with Crippen LogP contribution in [0.4, 0.5) is 11.4 Å². The van der Waals surface area contributed by atoms with E-state index in [0.29, 0.717) is 120 Å². The number of piperazine rings is 2. The predicted octanol–water partition coefficient (Wildman–Crippen LogP) is 16.3. The number of hydrogen-bond donors (Lipinski definition) is 2. The van der Waals surface area contributed by atoms with Crippen LogP contribution in [0.2, 0.25) is 0 Å². The van der Waals surface area contributed by atoms with Gasteiger partial charge >= 0.3 is 28.1 Å². The maximum Gasteiger partial charge on any atom is 0.345 e. The molecule has 20 aromatic rings. The largest absolute Gasteiger partial charge is 0.422 e. The highest BCUT2D eigenvalue weighted by molar-refractivity contribution is 5.88. The van der Waals surface area contributed by atoms with Gasteiger partial charge in [-0.05, 0) is 246 Å². The molecule has 6 aliphatic rings. The molecule has 6 fully saturated rings. The minimum Gasteiger partial charge on any atom is -0.422 e. The van der Waals surface area contributed by atoms with Crippen molar-refractivity contribution in [2.24, 2.45) is 0 Å². The van der Waals surface area contributed by atoms with Crippen LogP contribution in [0.25, 0.3) is 139 Å². The molecule has 5 aliphatic heterocycles. The second kappa shape index (κ2) is 40.8. The lowest BCUT2D eigenvalue weighted by molar-refractivity contribution is 0.120. The molecular weight excluding hydrogens is 1830 g/mol. The van der Waals surface area contributed by atoms with Crippen molar-refractivity contribution in [3.8, 4) is 55.9 Å². The minimum atomic E-state index is -0.402. The van der Waals surface area contributed by atoms with Crippen LogP contribution in [-0.2, 0) is 0 Å². The Morgan fingerprint density at radius 2 is 0.703 bits per heavy atom. The molecule has 0 bridgehead atoms. The molecule has 33 heteroatoms. The summed E-state index contributed by atoms with van der Waals surface area (Å²) in [7, 11) is 2.16. The Morgan fingerprint density at radius 1 is 0.345 bits per heavy atom. The summed E-state index contributed by atoms with van der Waals surface area (Å²) in [6, 6.07) is 41.1. The van der Waals surface area contributed by atoms with E-state index in [1.54, 1.807) is 31.0 Å². The van der Waals surface area contributed by atoms with Crippen molar-refractivity contribution in [1.29, 1.82) is 0 Å². The number of aliphatic hydroxyl groups excluding tert-OH is 1. The number of likely N-dealkylation sites (tertiary alicyclic amines) is 2. The second-order valence-corrected chi connectivity index (χ2v) is 39.2. The van der Waals surface area contributed by atoms with E-state index in [1.807, 2.05) is 197 Å². The third kappa shape index (κ3) is 20.4. The van der Waals surface area contributed by atoms with Gasteiger partial charge in [-0.2, -0.15) is 0 Å². The molecule has 2 N–H and O–H groups in total. The number of imidazole rings is 5. The molecule has 5 saturated heterocycles. The number of anilines is 2. The topological polar surface area (TPSA) is 354 Å². The van der Waals surface area contributed by atoms with Gasteiger partial charge in [0, 0.05) is 213 Å². The molecule has 145 heavy (non-hydrogen) atoms. The summed E-state index contributed by atoms with van der Waals surface area (Å²) < 4.78 is 37.7. The van der Waals surface area contributed by atoms with Crippen molar-refractivity contribution in [2.75, 3.05) is 128 Å². The average molecular weight is 1940 g/mol. The molecule has 33 nitrogen and oxygen atoms in total. The van der Waals surface area contributed by atoms with E-state index >= 15 is 0 Å². The molecule has 15 aromatic heterocycles. The van der Waals surface area contributed by atoms with Gasteiger partial charge in [0.15, 0.2) is 11.3 Å². The predicted molar refractivity (Wildman–Crippen MR) is 562 cm³/mol. The van der Waals surface area contributed by atoms with E-state index in [1.165, 1.54) is 36.0 Å². The number of piperidine rings is 3. The number of nitrogens with zero attached hydrogens (tertiary/aromatic N) is 21. The van der Waals surface area contributed by atoms with E-state index in [9.17, 15) is 24.0 Å². The van der Waals surface area contributed by atoms with Gasteiger partial charge in [0.2, 0.25) is 17.3 Å². The highest BCUT2D eigenvalue weighted by atomic mass is 16.4. The van der Waals surface area contributed by atoms with E-state index in [-0.39, 0.29) is 29.1 Å². The Labute approximate surface area is 832 Å². The van der Waals surface area contributed by atoms with Crippen LogP contribution >= 0.6 is 0 Å². The second-order valence-electron chi connectivity index (χ2n) is 39.2. The summed E-state index contributed by atoms with van der Waals surface area (Å²) in [6.07, 6.45) is 38.0. The fraction of sp³-hybridized carbons (Fsp3) is 0.330. The molecule has 1 aliphatic carbocycles. The summed E-state index contributed by atoms with van der Waals surface area (Å²) in [5.41, 5.74) is 18.9. The molecule has 20 heterocycles. The molecule has 0 spiro atoms. The highest BCUT2D eigenvalue weighted by Crippen LogP contribution is 2.38. The average Bonchev–Trinajstić information content (AvgIpc) is 1.44. The third-order valence-corrected chi connectivity index (χ3v) is 29.4. The highest BCUT2D eigenvalue weighted by Gasteiger charge is 2.31. The Bertz CT molecular complexity index is 8580. The number of aromatic nitrogens is 15. The number of aryl methyl sites for hydroxylation is 5. The zero-order valence-electron chi connectivity index (χ0n) is 82.3. The van der Waals surface area contributed by atoms with Crippen LogP contribution in [0, 0.1) is 34.6 Å². The standard InChI is InChI=1S/C24H25N5O2.C23H24N4O2.C22H23N5O3.C22H22N4O2.C21H20N4O2/c1-16-14-29-15-21(26-23(29)13-25-16)20-11-17-5-6-19(12-22(17)31-24(20)30)28-9-7-27(8-10-28)18-3-2-4-18;1-3-26-8-6-16(7-9-26)17-4-5-18-10-20(22(28)29-21(18)11-17)19-12-24-23-25-15(2)13-27(23)14-19;1-15-13-27-14-19(24-21(27)12-23-15)18-10-16-2-3-17(11-20(16)30-22(18)29)26-6-4-25(5-7-26)8-9-28;1-14-12-26-13-18(11-23-22(26)24-14)19-9-17-4-3-16(10-20(17)28-21(19)27)15-5-7-25(2)8-6-15;1-13-11-25-12-17(10-23-21(25)24-13)18-8-16-3-2-15(9-19(16)27-20(18)26)14-4-6-22-7-5-14/h5-6,11-15,18H,2-4,7-10H2,1H3;4-5,10-14,16H,3,6-9H2,1-2H3;2-3,10-14,28H,4-9H2,1H3;3-4,9-13,15H,5-8H2,1-2H3;2-3,8-12,14,22H,4-7H2,1H3. The van der Waals surface area contributed by atoms with Crippen LogP contribution in [-0.4, -0.2) is 221 Å². The number of benzene rings is 5. The number of rotatable bonds is 14. The molecule has 0 amide bonds. The quantitative estimate of drug-likeness (QED) is 0.0955. The van der Waals surface area contributed by atoms with Crippen molar-refractivity contribution in [3.05, 3.63) is 312 Å². The maximum absolute atomic E-state index is 12.8. The van der Waals surface area contributed by atoms with E-state index < -0.39 is 5.63 Å². The molecule has 0 unspecified atom stereocenters. The van der Waals surface area contributed by atoms with Crippen molar-refractivity contribution >= 4 is 94.8 Å². The Kier molecular flexibility index (Phi) is 26.6. The Morgan fingerprint density at radius 3 is 1.09 bits per heavy atom. The Balaban J connectivity index is 0.000000103. The van der Waals surface area contributed by atoms with Crippen molar-refractivity contribution in [3.63, 3.8) is 0 Å². The van der Waals surface area contributed by atoms with Gasteiger partial charge in [-0.3, -0.25) is 33.0 Å². The first-order valence-electron chi connectivity index (χ1n) is 50.3. The van der Waals surface area contributed by atoms with Gasteiger partial charge in [0.1, 0.15) is 27.9 Å². The maximum atomic E-state index is 12.8. The SMILES string of the molecule is CCN1CCC(c2ccc3cc(-c4cnc5nc(C)cn5c4)c(=O)oc3c2)CC1.Cc1cn2cc(-c3cc4ccc(C5CCN(C)CC5)cc4oc3=O)cnc2n1.Cc1cn2cc(-c3cc4ccc(C5CCNCC5)cc4oc3=O)cnc2n1.Cc1cn2cc(-c3cc4ccc(N5CCN(C6CCC6)CC5)cc4oc3=O)nc2cn1.Cc1cn2cc(-c3cc4ccc(N5CCN(CCO)CC5)cc4oc3=O)nc2cn1. The van der Waals surface area contributed by atoms with E-state index in [0.717, 1.165) is 226 Å². The van der Waals surface area contributed by atoms with Gasteiger partial charge in [-0.25, -0.2) is 63.8 Å². The van der Waals surface area contributed by atoms with Gasteiger partial charge in [-0.1, -0.05) is 49.7 Å². The lowest BCUT2D eigenvalue weighted by Gasteiger charge is -2.43. The summed E-state index contributed by atoms with van der Waals surface area (Å²) in [5, 5.41) is 17.0. The van der Waals surface area contributed by atoms with Crippen LogP contribution in [0.15, 0.2) is 260 Å². The normalized spacial score (nSPS) is 16.3. The first kappa shape index (κ1) is 94.5. The van der Waals surface area contributed by atoms with Crippen LogP contribution in [0.1, 0.15) is 128 Å². The number of aliphatic hydroxyl groups is 1.